The fraction of sp³-hybridized carbons (Fsp3) is 0.400. The summed E-state index contributed by atoms with van der Waals surface area (Å²) in [4.78, 5) is 11.9. The van der Waals surface area contributed by atoms with Crippen molar-refractivity contribution in [2.75, 3.05) is 7.05 Å². The second kappa shape index (κ2) is 5.05. The van der Waals surface area contributed by atoms with Gasteiger partial charge in [-0.15, -0.1) is 0 Å². The van der Waals surface area contributed by atoms with Crippen LogP contribution >= 0.6 is 0 Å². The fourth-order valence-electron chi connectivity index (χ4n) is 2.43. The van der Waals surface area contributed by atoms with Crippen molar-refractivity contribution >= 4 is 16.8 Å². The van der Waals surface area contributed by atoms with Gasteiger partial charge in [-0.2, -0.15) is 0 Å². The Balaban J connectivity index is 1.83. The number of carbonyl (C=O) groups is 1. The van der Waals surface area contributed by atoms with E-state index >= 15 is 0 Å². The lowest BCUT2D eigenvalue weighted by Gasteiger charge is -2.07. The third kappa shape index (κ3) is 2.63. The topological polar surface area (TPSA) is 46.1 Å². The Morgan fingerprint density at radius 1 is 1.37 bits per heavy atom. The number of benzene rings is 1. The smallest absolute Gasteiger partial charge is 0.240 e. The molecule has 0 aliphatic heterocycles. The third-order valence-electron chi connectivity index (χ3n) is 3.53. The molecule has 0 atom stereocenters. The highest BCUT2D eigenvalue weighted by Gasteiger charge is 2.23. The summed E-state index contributed by atoms with van der Waals surface area (Å²) in [5.41, 5.74) is 2.39. The predicted molar refractivity (Wildman–Crippen MR) is 75.9 cm³/mol. The van der Waals surface area contributed by atoms with Gasteiger partial charge in [0.2, 0.25) is 5.91 Å². The van der Waals surface area contributed by atoms with Crippen molar-refractivity contribution in [2.45, 2.75) is 32.0 Å². The monoisotopic (exact) mass is 257 g/mol. The number of carbonyl (C=O) groups excluding carboxylic acids is 1. The van der Waals surface area contributed by atoms with E-state index in [0.29, 0.717) is 12.6 Å². The standard InChI is InChI=1S/C15H19N3O/c1-16-9-11-3-2-4-14-13(11)7-8-18(14)10-15(19)17-12-5-6-12/h2-4,7-8,12,16H,5-6,9-10H2,1H3,(H,17,19). The van der Waals surface area contributed by atoms with Crippen molar-refractivity contribution < 1.29 is 4.79 Å². The minimum Gasteiger partial charge on any atom is -0.352 e. The van der Waals surface area contributed by atoms with Crippen LogP contribution in [0, 0.1) is 0 Å². The number of nitrogens with one attached hydrogen (secondary N) is 2. The molecule has 0 unspecified atom stereocenters. The molecule has 1 aromatic heterocycles. The number of fused-ring (bicyclic) bond motifs is 1. The zero-order chi connectivity index (χ0) is 13.2. The summed E-state index contributed by atoms with van der Waals surface area (Å²) in [6.45, 7) is 1.25. The molecule has 0 bridgehead atoms. The second-order valence-electron chi connectivity index (χ2n) is 5.17. The molecule has 100 valence electrons. The van der Waals surface area contributed by atoms with Gasteiger partial charge in [0.05, 0.1) is 0 Å². The first-order valence-corrected chi connectivity index (χ1v) is 6.78. The van der Waals surface area contributed by atoms with Gasteiger partial charge in [0.15, 0.2) is 0 Å². The molecular weight excluding hydrogens is 238 g/mol. The number of hydrogen-bond donors (Lipinski definition) is 2. The molecule has 4 heteroatoms. The maximum atomic E-state index is 11.9. The van der Waals surface area contributed by atoms with Gasteiger partial charge in [-0.05, 0) is 37.6 Å². The van der Waals surface area contributed by atoms with E-state index in [4.69, 9.17) is 0 Å². The quantitative estimate of drug-likeness (QED) is 0.855. The Labute approximate surface area is 112 Å². The second-order valence-corrected chi connectivity index (χ2v) is 5.17. The minimum absolute atomic E-state index is 0.110. The largest absolute Gasteiger partial charge is 0.352 e. The molecule has 1 aliphatic rings. The summed E-state index contributed by atoms with van der Waals surface area (Å²) < 4.78 is 2.02. The highest BCUT2D eigenvalue weighted by Crippen LogP contribution is 2.21. The Kier molecular flexibility index (Phi) is 3.25. The van der Waals surface area contributed by atoms with Gasteiger partial charge in [-0.25, -0.2) is 0 Å². The van der Waals surface area contributed by atoms with E-state index in [-0.39, 0.29) is 5.91 Å². The van der Waals surface area contributed by atoms with Crippen LogP contribution in [0.2, 0.25) is 0 Å². The van der Waals surface area contributed by atoms with Crippen LogP contribution in [0.3, 0.4) is 0 Å². The maximum Gasteiger partial charge on any atom is 0.240 e. The Bertz CT molecular complexity index is 598. The minimum atomic E-state index is 0.110. The van der Waals surface area contributed by atoms with Crippen LogP contribution in [0.15, 0.2) is 30.5 Å². The van der Waals surface area contributed by atoms with Crippen LogP contribution in [0.5, 0.6) is 0 Å². The van der Waals surface area contributed by atoms with Gasteiger partial charge < -0.3 is 15.2 Å². The van der Waals surface area contributed by atoms with E-state index in [1.54, 1.807) is 0 Å². The average Bonchev–Trinajstić information content (AvgIpc) is 3.11. The number of aromatic nitrogens is 1. The van der Waals surface area contributed by atoms with Crippen molar-refractivity contribution in [1.29, 1.82) is 0 Å². The summed E-state index contributed by atoms with van der Waals surface area (Å²) in [6.07, 6.45) is 4.26. The lowest BCUT2D eigenvalue weighted by Crippen LogP contribution is -2.29. The lowest BCUT2D eigenvalue weighted by atomic mass is 10.1. The molecule has 19 heavy (non-hydrogen) atoms. The first kappa shape index (κ1) is 12.2. The SMILES string of the molecule is CNCc1cccc2c1ccn2CC(=O)NC1CC1. The molecule has 2 aromatic rings. The number of nitrogens with zero attached hydrogens (tertiary/aromatic N) is 1. The van der Waals surface area contributed by atoms with Gasteiger partial charge in [-0.1, -0.05) is 12.1 Å². The van der Waals surface area contributed by atoms with Crippen LogP contribution in [0.25, 0.3) is 10.9 Å². The fourth-order valence-corrected chi connectivity index (χ4v) is 2.43. The van der Waals surface area contributed by atoms with Gasteiger partial charge >= 0.3 is 0 Å². The molecule has 0 spiro atoms. The van der Waals surface area contributed by atoms with E-state index in [0.717, 1.165) is 24.9 Å². The van der Waals surface area contributed by atoms with Crippen molar-refractivity contribution in [3.63, 3.8) is 0 Å². The Morgan fingerprint density at radius 3 is 2.95 bits per heavy atom. The molecule has 1 fully saturated rings. The normalized spacial score (nSPS) is 14.8. The van der Waals surface area contributed by atoms with Gasteiger partial charge in [-0.3, -0.25) is 4.79 Å². The molecular formula is C15H19N3O. The van der Waals surface area contributed by atoms with Crippen LogP contribution < -0.4 is 10.6 Å². The maximum absolute atomic E-state index is 11.9. The van der Waals surface area contributed by atoms with Crippen LogP contribution in [0.1, 0.15) is 18.4 Å². The summed E-state index contributed by atoms with van der Waals surface area (Å²) in [7, 11) is 1.94. The highest BCUT2D eigenvalue weighted by molar-refractivity contribution is 5.86. The average molecular weight is 257 g/mol. The summed E-state index contributed by atoms with van der Waals surface area (Å²) in [5, 5.41) is 7.42. The van der Waals surface area contributed by atoms with E-state index in [1.165, 1.54) is 10.9 Å². The number of amides is 1. The molecule has 0 radical (unpaired) electrons. The molecule has 3 rings (SSSR count). The first-order valence-electron chi connectivity index (χ1n) is 6.78. The van der Waals surface area contributed by atoms with Crippen molar-refractivity contribution in [2.24, 2.45) is 0 Å². The zero-order valence-electron chi connectivity index (χ0n) is 11.1. The molecule has 1 amide bonds. The number of rotatable bonds is 5. The molecule has 2 N–H and O–H groups in total. The van der Waals surface area contributed by atoms with E-state index < -0.39 is 0 Å². The zero-order valence-corrected chi connectivity index (χ0v) is 11.1. The Hall–Kier alpha value is -1.81. The predicted octanol–water partition coefficient (Wildman–Crippen LogP) is 1.64. The molecule has 1 saturated carbocycles. The van der Waals surface area contributed by atoms with Gasteiger partial charge in [0, 0.05) is 29.7 Å². The van der Waals surface area contributed by atoms with Crippen LogP contribution in [-0.2, 0) is 17.9 Å². The third-order valence-corrected chi connectivity index (χ3v) is 3.53. The molecule has 0 saturated heterocycles. The summed E-state index contributed by atoms with van der Waals surface area (Å²) in [6, 6.07) is 8.75. The molecule has 1 aliphatic carbocycles. The van der Waals surface area contributed by atoms with Crippen molar-refractivity contribution in [3.05, 3.63) is 36.0 Å². The molecule has 4 nitrogen and oxygen atoms in total. The highest BCUT2D eigenvalue weighted by atomic mass is 16.2. The molecule has 1 aromatic carbocycles. The van der Waals surface area contributed by atoms with Crippen LogP contribution in [0.4, 0.5) is 0 Å². The number of hydrogen-bond acceptors (Lipinski definition) is 2. The van der Waals surface area contributed by atoms with E-state index in [2.05, 4.69) is 28.8 Å². The van der Waals surface area contributed by atoms with Gasteiger partial charge in [0.1, 0.15) is 6.54 Å². The van der Waals surface area contributed by atoms with Gasteiger partial charge in [0.25, 0.3) is 0 Å². The van der Waals surface area contributed by atoms with Crippen molar-refractivity contribution in [1.82, 2.24) is 15.2 Å². The first-order chi connectivity index (χ1) is 9.28. The summed E-state index contributed by atoms with van der Waals surface area (Å²) in [5.74, 6) is 0.110. The lowest BCUT2D eigenvalue weighted by molar-refractivity contribution is -0.121. The molecule has 1 heterocycles. The van der Waals surface area contributed by atoms with Crippen LogP contribution in [-0.4, -0.2) is 23.6 Å². The Morgan fingerprint density at radius 2 is 2.21 bits per heavy atom. The van der Waals surface area contributed by atoms with E-state index in [9.17, 15) is 4.79 Å². The van der Waals surface area contributed by atoms with E-state index in [1.807, 2.05) is 23.9 Å². The van der Waals surface area contributed by atoms with Crippen molar-refractivity contribution in [3.8, 4) is 0 Å². The summed E-state index contributed by atoms with van der Waals surface area (Å²) >= 11 is 0.